The minimum Gasteiger partial charge on any atom is -0.464 e. The van der Waals surface area contributed by atoms with Gasteiger partial charge in [-0.15, -0.1) is 11.3 Å². The lowest BCUT2D eigenvalue weighted by atomic mass is 9.97. The van der Waals surface area contributed by atoms with Gasteiger partial charge in [-0.3, -0.25) is 4.79 Å². The van der Waals surface area contributed by atoms with Crippen LogP contribution in [-0.4, -0.2) is 9.97 Å². The van der Waals surface area contributed by atoms with Crippen LogP contribution in [0.3, 0.4) is 0 Å². The molecule has 0 bridgehead atoms. The zero-order chi connectivity index (χ0) is 16.0. The van der Waals surface area contributed by atoms with Crippen LogP contribution in [0.15, 0.2) is 26.0 Å². The highest BCUT2D eigenvalue weighted by molar-refractivity contribution is 9.10. The van der Waals surface area contributed by atoms with E-state index in [1.165, 1.54) is 16.9 Å². The predicted molar refractivity (Wildman–Crippen MR) is 97.0 cm³/mol. The van der Waals surface area contributed by atoms with Gasteiger partial charge in [0.05, 0.1) is 14.9 Å². The Labute approximate surface area is 149 Å². The van der Waals surface area contributed by atoms with Gasteiger partial charge in [-0.05, 0) is 53.2 Å². The Bertz CT molecular complexity index is 986. The van der Waals surface area contributed by atoms with Crippen LogP contribution in [0.25, 0.3) is 21.3 Å². The largest absolute Gasteiger partial charge is 0.464 e. The number of halogens is 2. The van der Waals surface area contributed by atoms with Crippen LogP contribution < -0.4 is 5.56 Å². The van der Waals surface area contributed by atoms with Gasteiger partial charge in [0, 0.05) is 11.0 Å². The van der Waals surface area contributed by atoms with Crippen LogP contribution in [0.2, 0.25) is 0 Å². The average molecular weight is 412 g/mol. The zero-order valence-corrected chi connectivity index (χ0v) is 15.1. The smallest absolute Gasteiger partial charge is 0.260 e. The number of furan rings is 1. The summed E-state index contributed by atoms with van der Waals surface area (Å²) in [5.41, 5.74) is 1.06. The van der Waals surface area contributed by atoms with Gasteiger partial charge in [-0.2, -0.15) is 0 Å². The summed E-state index contributed by atoms with van der Waals surface area (Å²) in [5, 5.41) is 1.08. The molecule has 0 saturated carbocycles. The molecule has 7 heteroatoms. The number of thiophene rings is 1. The normalized spacial score (nSPS) is 15.1. The summed E-state index contributed by atoms with van der Waals surface area (Å²) in [6.07, 6.45) is 7.53. The number of nitrogens with one attached hydrogen (secondary N) is 1. The van der Waals surface area contributed by atoms with Crippen LogP contribution >= 0.6 is 38.9 Å². The van der Waals surface area contributed by atoms with Gasteiger partial charge in [-0.1, -0.05) is 11.6 Å². The SMILES string of the molecule is O=c1[nH]c(C(Cl)=Cc2cc(Br)co2)nc2sc3c(c12)CCCC3. The van der Waals surface area contributed by atoms with E-state index in [1.807, 2.05) is 0 Å². The van der Waals surface area contributed by atoms with Crippen LogP contribution in [0.4, 0.5) is 0 Å². The topological polar surface area (TPSA) is 58.9 Å². The highest BCUT2D eigenvalue weighted by Gasteiger charge is 2.20. The van der Waals surface area contributed by atoms with Crippen LogP contribution in [0.1, 0.15) is 34.9 Å². The minimum atomic E-state index is -0.114. The van der Waals surface area contributed by atoms with E-state index in [4.69, 9.17) is 16.0 Å². The van der Waals surface area contributed by atoms with Gasteiger partial charge in [0.2, 0.25) is 0 Å². The van der Waals surface area contributed by atoms with E-state index in [0.717, 1.165) is 34.0 Å². The number of hydrogen-bond acceptors (Lipinski definition) is 4. The Morgan fingerprint density at radius 3 is 3.04 bits per heavy atom. The van der Waals surface area contributed by atoms with Crippen molar-refractivity contribution in [3.63, 3.8) is 0 Å². The fourth-order valence-corrected chi connectivity index (χ4v) is 4.65. The molecule has 118 valence electrons. The number of fused-ring (bicyclic) bond motifs is 3. The fourth-order valence-electron chi connectivity index (χ4n) is 2.87. The van der Waals surface area contributed by atoms with Crippen LogP contribution in [-0.2, 0) is 12.8 Å². The molecule has 1 N–H and O–H groups in total. The van der Waals surface area contributed by atoms with Gasteiger partial charge in [-0.25, -0.2) is 4.98 Å². The van der Waals surface area contributed by atoms with Crippen molar-refractivity contribution >= 4 is 60.2 Å². The van der Waals surface area contributed by atoms with E-state index in [1.54, 1.807) is 29.7 Å². The van der Waals surface area contributed by atoms with E-state index >= 15 is 0 Å². The maximum absolute atomic E-state index is 12.5. The van der Waals surface area contributed by atoms with E-state index in [0.29, 0.717) is 16.6 Å². The summed E-state index contributed by atoms with van der Waals surface area (Å²) in [4.78, 5) is 21.9. The minimum absolute atomic E-state index is 0.114. The molecule has 0 amide bonds. The molecule has 3 heterocycles. The van der Waals surface area contributed by atoms with Crippen molar-refractivity contribution in [2.24, 2.45) is 0 Å². The predicted octanol–water partition coefficient (Wildman–Crippen LogP) is 4.96. The number of hydrogen-bond donors (Lipinski definition) is 1. The van der Waals surface area contributed by atoms with Gasteiger partial charge in [0.1, 0.15) is 16.9 Å². The molecule has 1 aliphatic rings. The second kappa shape index (κ2) is 5.92. The van der Waals surface area contributed by atoms with E-state index < -0.39 is 0 Å². The third-order valence-corrected chi connectivity index (χ3v) is 5.80. The highest BCUT2D eigenvalue weighted by atomic mass is 79.9. The molecule has 4 nitrogen and oxygen atoms in total. The molecule has 0 fully saturated rings. The van der Waals surface area contributed by atoms with Crippen molar-refractivity contribution in [2.75, 3.05) is 0 Å². The number of H-pyrrole nitrogens is 1. The number of aromatic nitrogens is 2. The summed E-state index contributed by atoms with van der Waals surface area (Å²) >= 11 is 11.2. The summed E-state index contributed by atoms with van der Waals surface area (Å²) in [5.74, 6) is 0.963. The number of aromatic amines is 1. The van der Waals surface area contributed by atoms with Crippen molar-refractivity contribution in [3.8, 4) is 0 Å². The van der Waals surface area contributed by atoms with Crippen molar-refractivity contribution in [1.29, 1.82) is 0 Å². The van der Waals surface area contributed by atoms with Gasteiger partial charge in [0.15, 0.2) is 5.82 Å². The molecule has 3 aromatic rings. The molecule has 0 aliphatic heterocycles. The molecule has 0 atom stereocenters. The lowest BCUT2D eigenvalue weighted by molar-refractivity contribution is 0.556. The van der Waals surface area contributed by atoms with Crippen LogP contribution in [0, 0.1) is 0 Å². The van der Waals surface area contributed by atoms with Crippen molar-refractivity contribution in [2.45, 2.75) is 25.7 Å². The molecule has 4 rings (SSSR count). The first kappa shape index (κ1) is 15.2. The molecule has 23 heavy (non-hydrogen) atoms. The molecular formula is C16H12BrClN2O2S. The Morgan fingerprint density at radius 1 is 1.43 bits per heavy atom. The third kappa shape index (κ3) is 2.79. The Morgan fingerprint density at radius 2 is 2.26 bits per heavy atom. The maximum Gasteiger partial charge on any atom is 0.260 e. The average Bonchev–Trinajstić information content (AvgIpc) is 3.10. The second-order valence-corrected chi connectivity index (χ2v) is 7.87. The molecule has 0 aromatic carbocycles. The number of rotatable bonds is 2. The lowest BCUT2D eigenvalue weighted by Crippen LogP contribution is -2.12. The van der Waals surface area contributed by atoms with E-state index in [-0.39, 0.29) is 5.56 Å². The Kier molecular flexibility index (Phi) is 3.91. The van der Waals surface area contributed by atoms with Crippen molar-refractivity contribution < 1.29 is 4.42 Å². The lowest BCUT2D eigenvalue weighted by Gasteiger charge is -2.09. The molecule has 0 spiro atoms. The summed E-state index contributed by atoms with van der Waals surface area (Å²) in [7, 11) is 0. The molecule has 0 saturated heterocycles. The Balaban J connectivity index is 1.82. The van der Waals surface area contributed by atoms with E-state index in [9.17, 15) is 4.79 Å². The van der Waals surface area contributed by atoms with Crippen LogP contribution in [0.5, 0.6) is 0 Å². The first-order chi connectivity index (χ1) is 11.1. The van der Waals surface area contributed by atoms with Gasteiger partial charge >= 0.3 is 0 Å². The van der Waals surface area contributed by atoms with Gasteiger partial charge in [0.25, 0.3) is 5.56 Å². The first-order valence-electron chi connectivity index (χ1n) is 7.28. The molecule has 3 aromatic heterocycles. The fraction of sp³-hybridized carbons (Fsp3) is 0.250. The molecule has 0 radical (unpaired) electrons. The quantitative estimate of drug-likeness (QED) is 0.648. The standard InChI is InChI=1S/C16H12BrClN2O2S/c17-8-5-9(22-7-8)6-11(18)14-19-15(21)13-10-3-1-2-4-12(10)23-16(13)20-14/h5-7H,1-4H2,(H,19,20,21). The Hall–Kier alpha value is -1.37. The first-order valence-corrected chi connectivity index (χ1v) is 9.27. The zero-order valence-electron chi connectivity index (χ0n) is 12.0. The highest BCUT2D eigenvalue weighted by Crippen LogP contribution is 2.34. The monoisotopic (exact) mass is 410 g/mol. The third-order valence-electron chi connectivity index (χ3n) is 3.91. The molecule has 0 unspecified atom stereocenters. The summed E-state index contributed by atoms with van der Waals surface area (Å²) < 4.78 is 6.15. The maximum atomic E-state index is 12.5. The van der Waals surface area contributed by atoms with Crippen molar-refractivity contribution in [3.05, 3.63) is 49.2 Å². The van der Waals surface area contributed by atoms with Crippen molar-refractivity contribution in [1.82, 2.24) is 9.97 Å². The molecular weight excluding hydrogens is 400 g/mol. The van der Waals surface area contributed by atoms with E-state index in [2.05, 4.69) is 25.9 Å². The second-order valence-electron chi connectivity index (χ2n) is 5.47. The summed E-state index contributed by atoms with van der Waals surface area (Å²) in [6.45, 7) is 0. The molecule has 1 aliphatic carbocycles. The van der Waals surface area contributed by atoms with Gasteiger partial charge < -0.3 is 9.40 Å². The number of nitrogens with zero attached hydrogens (tertiary/aromatic N) is 1. The number of aryl methyl sites for hydroxylation is 2. The summed E-state index contributed by atoms with van der Waals surface area (Å²) in [6, 6.07) is 1.79.